The number of esters is 1. The average Bonchev–Trinajstić information content (AvgIpc) is 3.05. The van der Waals surface area contributed by atoms with Crippen molar-refractivity contribution in [2.45, 2.75) is 76.8 Å². The van der Waals surface area contributed by atoms with Gasteiger partial charge in [0.1, 0.15) is 17.6 Å². The molecule has 4 aliphatic heterocycles. The average molecular weight is 461 g/mol. The van der Waals surface area contributed by atoms with E-state index >= 15 is 0 Å². The molecule has 8 heteroatoms. The SMILES string of the molecule is CC(C)C[C@H](CO)N1C(=O)[C@@H]2[C@@H]3C(=O)OCCC=C[C@]3(C)O[C@@]23C=CCN(C(C)C)C(=O)C13. The molecule has 2 fully saturated rings. The second kappa shape index (κ2) is 8.55. The molecule has 1 N–H and O–H groups in total. The van der Waals surface area contributed by atoms with Crippen molar-refractivity contribution in [3.05, 3.63) is 24.3 Å². The lowest BCUT2D eigenvalue weighted by atomic mass is 9.74. The highest BCUT2D eigenvalue weighted by atomic mass is 16.6. The molecular weight excluding hydrogens is 424 g/mol. The van der Waals surface area contributed by atoms with Gasteiger partial charge in [0.2, 0.25) is 11.8 Å². The van der Waals surface area contributed by atoms with Crippen LogP contribution in [0.4, 0.5) is 0 Å². The van der Waals surface area contributed by atoms with Crippen LogP contribution in [0.3, 0.4) is 0 Å². The Kier molecular flexibility index (Phi) is 6.20. The molecule has 1 spiro atoms. The molecule has 0 aromatic carbocycles. The zero-order valence-corrected chi connectivity index (χ0v) is 20.2. The van der Waals surface area contributed by atoms with Gasteiger partial charge >= 0.3 is 5.97 Å². The fourth-order valence-corrected chi connectivity index (χ4v) is 6.12. The van der Waals surface area contributed by atoms with Crippen LogP contribution in [0.5, 0.6) is 0 Å². The Balaban J connectivity index is 1.90. The maximum absolute atomic E-state index is 14.1. The maximum atomic E-state index is 14.1. The van der Waals surface area contributed by atoms with Crippen LogP contribution >= 0.6 is 0 Å². The molecule has 0 bridgehead atoms. The number of ether oxygens (including phenoxy) is 2. The summed E-state index contributed by atoms with van der Waals surface area (Å²) in [5.41, 5.74) is -2.39. The van der Waals surface area contributed by atoms with Gasteiger partial charge in [-0.05, 0) is 39.5 Å². The van der Waals surface area contributed by atoms with E-state index in [1.54, 1.807) is 11.8 Å². The van der Waals surface area contributed by atoms with Crippen LogP contribution in [0, 0.1) is 17.8 Å². The van der Waals surface area contributed by atoms with Gasteiger partial charge in [-0.1, -0.05) is 38.2 Å². The summed E-state index contributed by atoms with van der Waals surface area (Å²) in [5.74, 6) is -2.62. The molecule has 0 aromatic heterocycles. The van der Waals surface area contributed by atoms with Crippen LogP contribution in [-0.4, -0.2) is 81.8 Å². The van der Waals surface area contributed by atoms with Crippen LogP contribution in [0.15, 0.2) is 24.3 Å². The molecule has 0 saturated carbocycles. The number of hydrogen-bond donors (Lipinski definition) is 1. The Morgan fingerprint density at radius 2 is 1.82 bits per heavy atom. The lowest BCUT2D eigenvalue weighted by molar-refractivity contribution is -0.162. The summed E-state index contributed by atoms with van der Waals surface area (Å²) in [5, 5.41) is 10.3. The van der Waals surface area contributed by atoms with E-state index in [1.807, 2.05) is 52.0 Å². The number of amides is 2. The van der Waals surface area contributed by atoms with E-state index in [0.717, 1.165) is 0 Å². The van der Waals surface area contributed by atoms with E-state index in [4.69, 9.17) is 9.47 Å². The highest BCUT2D eigenvalue weighted by Gasteiger charge is 2.75. The van der Waals surface area contributed by atoms with E-state index < -0.39 is 41.1 Å². The molecule has 0 radical (unpaired) electrons. The number of aliphatic hydroxyl groups excluding tert-OH is 1. The fraction of sp³-hybridized carbons (Fsp3) is 0.720. The van der Waals surface area contributed by atoms with E-state index in [1.165, 1.54) is 4.90 Å². The van der Waals surface area contributed by atoms with Crippen molar-refractivity contribution >= 4 is 17.8 Å². The molecule has 4 rings (SSSR count). The van der Waals surface area contributed by atoms with Crippen molar-refractivity contribution in [3.63, 3.8) is 0 Å². The normalized spacial score (nSPS) is 37.0. The van der Waals surface area contributed by atoms with Crippen molar-refractivity contribution in [1.82, 2.24) is 9.80 Å². The lowest BCUT2D eigenvalue weighted by Gasteiger charge is -2.41. The van der Waals surface area contributed by atoms with Crippen LogP contribution in [0.1, 0.15) is 47.5 Å². The molecule has 4 aliphatic rings. The third kappa shape index (κ3) is 3.62. The van der Waals surface area contributed by atoms with Gasteiger partial charge in [0, 0.05) is 12.6 Å². The molecule has 8 nitrogen and oxygen atoms in total. The smallest absolute Gasteiger partial charge is 0.313 e. The largest absolute Gasteiger partial charge is 0.465 e. The van der Waals surface area contributed by atoms with E-state index in [2.05, 4.69) is 0 Å². The van der Waals surface area contributed by atoms with Crippen molar-refractivity contribution in [3.8, 4) is 0 Å². The van der Waals surface area contributed by atoms with Crippen molar-refractivity contribution in [2.75, 3.05) is 19.8 Å². The molecule has 0 aromatic rings. The third-order valence-corrected chi connectivity index (χ3v) is 7.46. The molecular formula is C25H36N2O6. The predicted octanol–water partition coefficient (Wildman–Crippen LogP) is 1.67. The van der Waals surface area contributed by atoms with Crippen molar-refractivity contribution in [2.24, 2.45) is 17.8 Å². The highest BCUT2D eigenvalue weighted by molar-refractivity contribution is 5.99. The number of rotatable bonds is 5. The molecule has 33 heavy (non-hydrogen) atoms. The minimum Gasteiger partial charge on any atom is -0.465 e. The Morgan fingerprint density at radius 3 is 2.45 bits per heavy atom. The molecule has 4 heterocycles. The van der Waals surface area contributed by atoms with Gasteiger partial charge in [0.05, 0.1) is 30.8 Å². The van der Waals surface area contributed by atoms with Crippen LogP contribution < -0.4 is 0 Å². The summed E-state index contributed by atoms with van der Waals surface area (Å²) < 4.78 is 12.2. The third-order valence-electron chi connectivity index (χ3n) is 7.46. The van der Waals surface area contributed by atoms with Gasteiger partial charge in [-0.2, -0.15) is 0 Å². The first-order valence-corrected chi connectivity index (χ1v) is 12.0. The molecule has 6 atom stereocenters. The van der Waals surface area contributed by atoms with E-state index in [-0.39, 0.29) is 37.0 Å². The van der Waals surface area contributed by atoms with Gasteiger partial charge in [0.15, 0.2) is 0 Å². The Morgan fingerprint density at radius 1 is 1.09 bits per heavy atom. The van der Waals surface area contributed by atoms with Gasteiger partial charge in [-0.25, -0.2) is 0 Å². The fourth-order valence-electron chi connectivity index (χ4n) is 6.12. The summed E-state index contributed by atoms with van der Waals surface area (Å²) in [6.07, 6.45) is 8.55. The Labute approximate surface area is 195 Å². The van der Waals surface area contributed by atoms with Gasteiger partial charge in [0.25, 0.3) is 0 Å². The van der Waals surface area contributed by atoms with Crippen molar-refractivity contribution in [1.29, 1.82) is 0 Å². The first kappa shape index (κ1) is 24.0. The summed E-state index contributed by atoms with van der Waals surface area (Å²) in [7, 11) is 0. The maximum Gasteiger partial charge on any atom is 0.313 e. The molecule has 1 unspecified atom stereocenters. The number of carbonyl (C=O) groups excluding carboxylic acids is 3. The number of fused-ring (bicyclic) bond motifs is 2. The number of hydrogen-bond acceptors (Lipinski definition) is 6. The minimum absolute atomic E-state index is 0.0819. The molecule has 2 amide bonds. The Bertz CT molecular complexity index is 882. The zero-order chi connectivity index (χ0) is 24.1. The summed E-state index contributed by atoms with van der Waals surface area (Å²) >= 11 is 0. The molecule has 0 aliphatic carbocycles. The number of carbonyl (C=O) groups is 3. The van der Waals surface area contributed by atoms with Crippen LogP contribution in [-0.2, 0) is 23.9 Å². The monoisotopic (exact) mass is 460 g/mol. The molecule has 182 valence electrons. The quantitative estimate of drug-likeness (QED) is 0.495. The summed E-state index contributed by atoms with van der Waals surface area (Å²) in [4.78, 5) is 44.5. The van der Waals surface area contributed by atoms with Crippen LogP contribution in [0.2, 0.25) is 0 Å². The number of cyclic esters (lactones) is 1. The van der Waals surface area contributed by atoms with Crippen LogP contribution in [0.25, 0.3) is 0 Å². The van der Waals surface area contributed by atoms with Gasteiger partial charge in [-0.3, -0.25) is 14.4 Å². The second-order valence-corrected chi connectivity index (χ2v) is 10.6. The standard InChI is InChI=1S/C25H36N2O6/c1-15(2)13-17(14-28)27-20-22(30)26(16(3)4)11-8-10-25(20)18(21(27)29)19-23(31)32-12-7-6-9-24(19,5)33-25/h6,8-10,15-20,28H,7,11-14H2,1-5H3/t17-,18+,19-,20?,24+,25+/m1/s1. The zero-order valence-electron chi connectivity index (χ0n) is 20.2. The number of nitrogens with zero attached hydrogens (tertiary/aromatic N) is 2. The van der Waals surface area contributed by atoms with E-state index in [9.17, 15) is 19.5 Å². The summed E-state index contributed by atoms with van der Waals surface area (Å²) in [6, 6.07) is -1.59. The second-order valence-electron chi connectivity index (χ2n) is 10.6. The predicted molar refractivity (Wildman–Crippen MR) is 121 cm³/mol. The lowest BCUT2D eigenvalue weighted by Crippen LogP contribution is -2.59. The van der Waals surface area contributed by atoms with E-state index in [0.29, 0.717) is 19.4 Å². The number of likely N-dealkylation sites (tertiary alicyclic amines) is 1. The number of aliphatic hydroxyl groups is 1. The first-order valence-electron chi connectivity index (χ1n) is 12.0. The molecule has 2 saturated heterocycles. The van der Waals surface area contributed by atoms with Gasteiger partial charge in [-0.15, -0.1) is 0 Å². The first-order chi connectivity index (χ1) is 15.6. The highest BCUT2D eigenvalue weighted by Crippen LogP contribution is 2.57. The van der Waals surface area contributed by atoms with Crippen molar-refractivity contribution < 1.29 is 29.0 Å². The van der Waals surface area contributed by atoms with Gasteiger partial charge < -0.3 is 24.4 Å². The minimum atomic E-state index is -1.31. The topological polar surface area (TPSA) is 96.4 Å². The Hall–Kier alpha value is -2.19. The summed E-state index contributed by atoms with van der Waals surface area (Å²) in [6.45, 7) is 10.1.